The van der Waals surface area contributed by atoms with E-state index in [1.165, 1.54) is 32.3 Å². The Morgan fingerprint density at radius 1 is 0.742 bits per heavy atom. The summed E-state index contributed by atoms with van der Waals surface area (Å²) in [5.41, 5.74) is 2.30. The van der Waals surface area contributed by atoms with Crippen LogP contribution in [0.15, 0.2) is 69.6 Å². The molecule has 1 aromatic heterocycles. The van der Waals surface area contributed by atoms with E-state index in [2.05, 4.69) is 97.1 Å². The van der Waals surface area contributed by atoms with Gasteiger partial charge in [0.15, 0.2) is 0 Å². The van der Waals surface area contributed by atoms with Crippen molar-refractivity contribution in [3.05, 3.63) is 69.6 Å². The molecule has 0 aliphatic rings. The van der Waals surface area contributed by atoms with Gasteiger partial charge in [-0.15, -0.1) is 0 Å². The molecular formula is C24H20Br2NO3P. The number of unbranched alkanes of at least 4 members (excludes halogenated alkanes) is 1. The van der Waals surface area contributed by atoms with Crippen LogP contribution in [0.3, 0.4) is 0 Å². The number of aromatic nitrogens is 1. The van der Waals surface area contributed by atoms with Crippen molar-refractivity contribution in [1.29, 1.82) is 0 Å². The molecule has 0 saturated heterocycles. The molecule has 0 radical (unpaired) electrons. The van der Waals surface area contributed by atoms with Crippen LogP contribution in [0.2, 0.25) is 0 Å². The molecule has 4 aromatic carbocycles. The average molecular weight is 561 g/mol. The number of halogens is 2. The second-order valence-corrected chi connectivity index (χ2v) is 11.5. The van der Waals surface area contributed by atoms with Crippen molar-refractivity contribution in [3.8, 4) is 0 Å². The number of nitrogens with zero attached hydrogens (tertiary/aromatic N) is 1. The third-order valence-corrected chi connectivity index (χ3v) is 7.72. The first-order valence-electron chi connectivity index (χ1n) is 10.1. The summed E-state index contributed by atoms with van der Waals surface area (Å²) < 4.78 is 15.6. The van der Waals surface area contributed by atoms with E-state index in [4.69, 9.17) is 0 Å². The number of fused-ring (bicyclic) bond motifs is 7. The molecule has 0 bridgehead atoms. The molecule has 0 aliphatic carbocycles. The second-order valence-electron chi connectivity index (χ2n) is 7.90. The van der Waals surface area contributed by atoms with Crippen molar-refractivity contribution < 1.29 is 14.4 Å². The molecule has 2 N–H and O–H groups in total. The lowest BCUT2D eigenvalue weighted by Crippen LogP contribution is -1.99. The molecule has 0 unspecified atom stereocenters. The van der Waals surface area contributed by atoms with Gasteiger partial charge in [-0.05, 0) is 70.8 Å². The van der Waals surface area contributed by atoms with Gasteiger partial charge < -0.3 is 14.4 Å². The predicted molar refractivity (Wildman–Crippen MR) is 136 cm³/mol. The van der Waals surface area contributed by atoms with Gasteiger partial charge >= 0.3 is 7.60 Å². The molecule has 5 aromatic rings. The molecule has 1 heterocycles. The predicted octanol–water partition coefficient (Wildman–Crippen LogP) is 7.58. The molecular weight excluding hydrogens is 541 g/mol. The Kier molecular flexibility index (Phi) is 5.48. The van der Waals surface area contributed by atoms with Crippen LogP contribution < -0.4 is 0 Å². The first kappa shape index (κ1) is 21.2. The minimum Gasteiger partial charge on any atom is -0.340 e. The molecule has 31 heavy (non-hydrogen) atoms. The standard InChI is InChI=1S/C24H20Br2NO3P/c25-17-5-7-19-15(13-17)3-9-21-23(19)24-20-8-6-18(26)14-16(20)4-10-22(24)27(21)11-1-2-12-31(28,29)30/h3-10,13-14H,1-2,11-12H2,(H2,28,29,30). The Labute approximate surface area is 196 Å². The van der Waals surface area contributed by atoms with E-state index in [1.807, 2.05) is 0 Å². The van der Waals surface area contributed by atoms with Gasteiger partial charge in [0, 0.05) is 43.5 Å². The molecule has 4 nitrogen and oxygen atoms in total. The van der Waals surface area contributed by atoms with E-state index in [9.17, 15) is 14.4 Å². The fraction of sp³-hybridized carbons (Fsp3) is 0.167. The monoisotopic (exact) mass is 559 g/mol. The lowest BCUT2D eigenvalue weighted by atomic mass is 10.00. The maximum atomic E-state index is 11.2. The maximum absolute atomic E-state index is 11.2. The van der Waals surface area contributed by atoms with Gasteiger partial charge in [0.2, 0.25) is 0 Å². The Balaban J connectivity index is 1.78. The first-order chi connectivity index (χ1) is 14.8. The van der Waals surface area contributed by atoms with E-state index < -0.39 is 7.60 Å². The van der Waals surface area contributed by atoms with Crippen LogP contribution in [0.1, 0.15) is 12.8 Å². The van der Waals surface area contributed by atoms with E-state index in [-0.39, 0.29) is 6.16 Å². The summed E-state index contributed by atoms with van der Waals surface area (Å²) in [6.07, 6.45) is 1.13. The zero-order valence-corrected chi connectivity index (χ0v) is 20.6. The summed E-state index contributed by atoms with van der Waals surface area (Å²) in [5, 5.41) is 7.21. The van der Waals surface area contributed by atoms with Gasteiger partial charge in [0.25, 0.3) is 0 Å². The number of benzene rings is 4. The highest BCUT2D eigenvalue weighted by molar-refractivity contribution is 9.10. The minimum atomic E-state index is -3.96. The average Bonchev–Trinajstić information content (AvgIpc) is 3.04. The van der Waals surface area contributed by atoms with Crippen molar-refractivity contribution in [2.75, 3.05) is 6.16 Å². The van der Waals surface area contributed by atoms with Crippen LogP contribution in [0.25, 0.3) is 43.4 Å². The molecule has 5 rings (SSSR count). The number of aryl methyl sites for hydroxylation is 1. The summed E-state index contributed by atoms with van der Waals surface area (Å²) in [6.45, 7) is 0.712. The van der Waals surface area contributed by atoms with E-state index in [0.29, 0.717) is 19.4 Å². The molecule has 0 amide bonds. The number of hydrogen-bond donors (Lipinski definition) is 2. The SMILES string of the molecule is O=P(O)(O)CCCCn1c2ccc3cc(Br)ccc3c2c2c3ccc(Br)cc3ccc21. The van der Waals surface area contributed by atoms with Crippen LogP contribution in [0.4, 0.5) is 0 Å². The van der Waals surface area contributed by atoms with Gasteiger partial charge in [-0.2, -0.15) is 0 Å². The van der Waals surface area contributed by atoms with Crippen molar-refractivity contribution in [3.63, 3.8) is 0 Å². The van der Waals surface area contributed by atoms with E-state index in [1.54, 1.807) is 0 Å². The lowest BCUT2D eigenvalue weighted by Gasteiger charge is -2.09. The summed E-state index contributed by atoms with van der Waals surface area (Å²) in [4.78, 5) is 18.4. The molecule has 0 atom stereocenters. The molecule has 158 valence electrons. The minimum absolute atomic E-state index is 0.0714. The molecule has 7 heteroatoms. The zero-order chi connectivity index (χ0) is 21.8. The van der Waals surface area contributed by atoms with Crippen LogP contribution in [-0.2, 0) is 11.1 Å². The third kappa shape index (κ3) is 3.96. The summed E-state index contributed by atoms with van der Waals surface area (Å²) in [5.74, 6) is 0. The van der Waals surface area contributed by atoms with Gasteiger partial charge in [0.1, 0.15) is 0 Å². The Morgan fingerprint density at radius 2 is 1.26 bits per heavy atom. The highest BCUT2D eigenvalue weighted by Gasteiger charge is 2.17. The van der Waals surface area contributed by atoms with E-state index in [0.717, 1.165) is 20.0 Å². The van der Waals surface area contributed by atoms with Crippen molar-refractivity contribution >= 4 is 82.8 Å². The van der Waals surface area contributed by atoms with Crippen molar-refractivity contribution in [1.82, 2.24) is 4.57 Å². The van der Waals surface area contributed by atoms with Gasteiger partial charge in [-0.1, -0.05) is 56.1 Å². The Bertz CT molecular complexity index is 1420. The number of rotatable bonds is 5. The quantitative estimate of drug-likeness (QED) is 0.172. The maximum Gasteiger partial charge on any atom is 0.325 e. The van der Waals surface area contributed by atoms with Crippen molar-refractivity contribution in [2.24, 2.45) is 0 Å². The topological polar surface area (TPSA) is 62.5 Å². The van der Waals surface area contributed by atoms with Gasteiger partial charge in [-0.3, -0.25) is 4.57 Å². The highest BCUT2D eigenvalue weighted by Crippen LogP contribution is 2.40. The lowest BCUT2D eigenvalue weighted by molar-refractivity contribution is 0.370. The van der Waals surface area contributed by atoms with Crippen molar-refractivity contribution in [2.45, 2.75) is 19.4 Å². The Morgan fingerprint density at radius 3 is 1.74 bits per heavy atom. The highest BCUT2D eigenvalue weighted by atomic mass is 79.9. The van der Waals surface area contributed by atoms with Gasteiger partial charge in [-0.25, -0.2) is 0 Å². The molecule has 0 saturated carbocycles. The Hall–Kier alpha value is -1.69. The van der Waals surface area contributed by atoms with Crippen LogP contribution in [-0.4, -0.2) is 20.5 Å². The summed E-state index contributed by atoms with van der Waals surface area (Å²) >= 11 is 7.17. The summed E-state index contributed by atoms with van der Waals surface area (Å²) in [7, 11) is -3.96. The smallest absolute Gasteiger partial charge is 0.325 e. The molecule has 0 aliphatic heterocycles. The van der Waals surface area contributed by atoms with E-state index >= 15 is 0 Å². The molecule has 0 fully saturated rings. The fourth-order valence-corrected chi connectivity index (χ4v) is 5.91. The normalized spacial score (nSPS) is 12.5. The zero-order valence-electron chi connectivity index (χ0n) is 16.6. The van der Waals surface area contributed by atoms with Gasteiger partial charge in [0.05, 0.1) is 0 Å². The van der Waals surface area contributed by atoms with Crippen LogP contribution >= 0.6 is 39.5 Å². The second kappa shape index (κ2) is 8.02. The largest absolute Gasteiger partial charge is 0.340 e. The fourth-order valence-electron chi connectivity index (χ4n) is 4.51. The first-order valence-corrected chi connectivity index (χ1v) is 13.5. The van der Waals surface area contributed by atoms with Crippen LogP contribution in [0, 0.1) is 0 Å². The summed E-state index contributed by atoms with van der Waals surface area (Å²) in [6, 6.07) is 21.4. The van der Waals surface area contributed by atoms with Crippen LogP contribution in [0.5, 0.6) is 0 Å². The molecule has 0 spiro atoms. The number of hydrogen-bond acceptors (Lipinski definition) is 1. The third-order valence-electron chi connectivity index (χ3n) is 5.83.